The molecule has 7 nitrogen and oxygen atoms in total. The van der Waals surface area contributed by atoms with Gasteiger partial charge in [0.2, 0.25) is 5.91 Å². The number of amides is 2. The van der Waals surface area contributed by atoms with Gasteiger partial charge >= 0.3 is 5.97 Å². The normalized spacial score (nSPS) is 27.4. The van der Waals surface area contributed by atoms with E-state index in [2.05, 4.69) is 5.32 Å². The summed E-state index contributed by atoms with van der Waals surface area (Å²) >= 11 is 6.82. The highest BCUT2D eigenvalue weighted by Gasteiger charge is 2.44. The van der Waals surface area contributed by atoms with Crippen molar-refractivity contribution in [3.8, 4) is 0 Å². The lowest BCUT2D eigenvalue weighted by Gasteiger charge is -2.39. The number of nitrogens with one attached hydrogen (secondary N) is 1. The smallest absolute Gasteiger partial charge is 0.308 e. The van der Waals surface area contributed by atoms with Crippen molar-refractivity contribution in [2.24, 2.45) is 11.8 Å². The topological polar surface area (TPSA) is 80.6 Å². The third-order valence-electron chi connectivity index (χ3n) is 5.94. The molecule has 2 amide bonds. The van der Waals surface area contributed by atoms with Crippen molar-refractivity contribution in [3.05, 3.63) is 8.83 Å². The Morgan fingerprint density at radius 2 is 1.96 bits per heavy atom. The Labute approximate surface area is 166 Å². The quantitative estimate of drug-likeness (QED) is 0.600. The number of esters is 1. The van der Waals surface area contributed by atoms with Crippen LogP contribution in [0.5, 0.6) is 0 Å². The number of carbonyl (C=O) groups excluding carboxylic acids is 3. The van der Waals surface area contributed by atoms with Crippen LogP contribution < -0.4 is 5.32 Å². The Bertz CT molecular complexity index is 840. The predicted molar refractivity (Wildman–Crippen MR) is 103 cm³/mol. The van der Waals surface area contributed by atoms with Gasteiger partial charge in [-0.1, -0.05) is 11.3 Å². The Balaban J connectivity index is 1.69. The highest BCUT2D eigenvalue weighted by molar-refractivity contribution is 7.73. The van der Waals surface area contributed by atoms with Crippen molar-refractivity contribution in [2.75, 3.05) is 25.5 Å². The average Bonchev–Trinajstić information content (AvgIpc) is 3.03. The van der Waals surface area contributed by atoms with Crippen molar-refractivity contribution in [1.29, 1.82) is 0 Å². The number of hydrogen-bond acceptors (Lipinski definition) is 6. The third-order valence-corrected chi connectivity index (χ3v) is 7.33. The monoisotopic (exact) mass is 409 g/mol. The first-order chi connectivity index (χ1) is 13.0. The van der Waals surface area contributed by atoms with Gasteiger partial charge in [0.05, 0.1) is 18.9 Å². The van der Waals surface area contributed by atoms with Crippen molar-refractivity contribution in [1.82, 2.24) is 9.47 Å². The van der Waals surface area contributed by atoms with E-state index in [0.717, 1.165) is 32.4 Å². The molecule has 1 aliphatic carbocycles. The summed E-state index contributed by atoms with van der Waals surface area (Å²) < 4.78 is 7.38. The van der Waals surface area contributed by atoms with Crippen molar-refractivity contribution >= 4 is 47.2 Å². The first kappa shape index (κ1) is 18.6. The summed E-state index contributed by atoms with van der Waals surface area (Å²) in [5.41, 5.74) is 0. The molecule has 3 atom stereocenters. The zero-order chi connectivity index (χ0) is 19.1. The largest absolute Gasteiger partial charge is 0.469 e. The third kappa shape index (κ3) is 3.20. The van der Waals surface area contributed by atoms with E-state index in [1.54, 1.807) is 0 Å². The van der Waals surface area contributed by atoms with E-state index in [9.17, 15) is 14.4 Å². The Morgan fingerprint density at radius 3 is 2.67 bits per heavy atom. The van der Waals surface area contributed by atoms with E-state index in [4.69, 9.17) is 17.0 Å². The number of nitrogens with zero attached hydrogens (tertiary/aromatic N) is 2. The summed E-state index contributed by atoms with van der Waals surface area (Å²) in [6.45, 7) is 1.49. The number of ether oxygens (including phenoxy) is 1. The molecule has 0 bridgehead atoms. The number of anilines is 1. The van der Waals surface area contributed by atoms with Gasteiger partial charge in [-0.15, -0.1) is 0 Å². The van der Waals surface area contributed by atoms with Crippen LogP contribution in [0.3, 0.4) is 0 Å². The zero-order valence-corrected chi connectivity index (χ0v) is 16.9. The average molecular weight is 410 g/mol. The number of carbonyl (C=O) groups is 3. The number of aromatic nitrogens is 1. The molecule has 2 aliphatic heterocycles. The molecular weight excluding hydrogens is 386 g/mol. The fraction of sp³-hybridized carbons (Fsp3) is 0.667. The molecule has 3 heterocycles. The summed E-state index contributed by atoms with van der Waals surface area (Å²) in [7, 11) is 1.39. The molecule has 1 aromatic heterocycles. The minimum Gasteiger partial charge on any atom is -0.469 e. The van der Waals surface area contributed by atoms with Gasteiger partial charge in [0, 0.05) is 19.1 Å². The van der Waals surface area contributed by atoms with Gasteiger partial charge in [-0.3, -0.25) is 14.4 Å². The Hall–Kier alpha value is -1.74. The number of likely N-dealkylation sites (tertiary alicyclic amines) is 1. The van der Waals surface area contributed by atoms with E-state index >= 15 is 0 Å². The highest BCUT2D eigenvalue weighted by Crippen LogP contribution is 2.45. The lowest BCUT2D eigenvalue weighted by atomic mass is 9.76. The fourth-order valence-electron chi connectivity index (χ4n) is 4.52. The molecule has 1 saturated heterocycles. The molecule has 1 saturated carbocycles. The summed E-state index contributed by atoms with van der Waals surface area (Å²) in [6, 6.07) is -0.196. The molecule has 3 aliphatic rings. The maximum absolute atomic E-state index is 13.0. The van der Waals surface area contributed by atoms with Gasteiger partial charge in [0.15, 0.2) is 3.95 Å². The summed E-state index contributed by atoms with van der Waals surface area (Å²) in [6.07, 6.45) is 4.91. The molecular formula is C18H23N3O4S2. The number of piperidine rings is 1. The minimum absolute atomic E-state index is 0.0568. The van der Waals surface area contributed by atoms with E-state index in [-0.39, 0.29) is 35.7 Å². The molecule has 0 radical (unpaired) electrons. The van der Waals surface area contributed by atoms with Gasteiger partial charge in [0.1, 0.15) is 10.7 Å². The summed E-state index contributed by atoms with van der Waals surface area (Å²) in [5.74, 6) is -0.331. The zero-order valence-electron chi connectivity index (χ0n) is 15.2. The molecule has 0 aromatic carbocycles. The van der Waals surface area contributed by atoms with Crippen molar-refractivity contribution in [3.63, 3.8) is 0 Å². The first-order valence-corrected chi connectivity index (χ1v) is 10.7. The molecule has 0 spiro atoms. The molecule has 4 rings (SSSR count). The number of hydrogen-bond donors (Lipinski definition) is 1. The van der Waals surface area contributed by atoms with Gasteiger partial charge in [-0.25, -0.2) is 0 Å². The highest BCUT2D eigenvalue weighted by atomic mass is 32.1. The van der Waals surface area contributed by atoms with Gasteiger partial charge in [-0.05, 0) is 50.7 Å². The fourth-order valence-corrected chi connectivity index (χ4v) is 5.96. The second-order valence-electron chi connectivity index (χ2n) is 7.46. The van der Waals surface area contributed by atoms with Crippen molar-refractivity contribution < 1.29 is 19.1 Å². The lowest BCUT2D eigenvalue weighted by molar-refractivity contribution is -0.148. The molecule has 1 N–H and O–H groups in total. The molecule has 146 valence electrons. The summed E-state index contributed by atoms with van der Waals surface area (Å²) in [5, 5.41) is 2.93. The SMILES string of the molecule is COC(=O)C1CCC2C(=O)Nc3c(C(=O)N4CCCCC4)sc(=S)n3C2C1. The predicted octanol–water partition coefficient (Wildman–Crippen LogP) is 2.99. The standard InChI is InChI=1S/C18H23N3O4S2/c1-25-17(24)10-5-6-11-12(9-10)21-14(19-15(11)22)13(27-18(21)26)16(23)20-7-3-2-4-8-20/h10-12H,2-9H2,1H3,(H,19,22). The number of thiazole rings is 1. The number of methoxy groups -OCH3 is 1. The van der Waals surface area contributed by atoms with E-state index in [1.165, 1.54) is 18.4 Å². The number of rotatable bonds is 2. The van der Waals surface area contributed by atoms with Crippen LogP contribution in [0, 0.1) is 15.8 Å². The van der Waals surface area contributed by atoms with E-state index in [1.807, 2.05) is 9.47 Å². The van der Waals surface area contributed by atoms with E-state index < -0.39 is 0 Å². The Morgan fingerprint density at radius 1 is 1.22 bits per heavy atom. The summed E-state index contributed by atoms with van der Waals surface area (Å²) in [4.78, 5) is 40.1. The van der Waals surface area contributed by atoms with Gasteiger partial charge in [-0.2, -0.15) is 0 Å². The van der Waals surface area contributed by atoms with Crippen LogP contribution in [0.1, 0.15) is 54.2 Å². The molecule has 2 fully saturated rings. The van der Waals surface area contributed by atoms with Crippen LogP contribution in [0.4, 0.5) is 5.82 Å². The maximum atomic E-state index is 13.0. The minimum atomic E-state index is -0.243. The van der Waals surface area contributed by atoms with Crippen molar-refractivity contribution in [2.45, 2.75) is 44.6 Å². The lowest BCUT2D eigenvalue weighted by Crippen LogP contribution is -2.43. The van der Waals surface area contributed by atoms with Crippen LogP contribution in [-0.4, -0.2) is 47.4 Å². The Kier molecular flexibility index (Phi) is 5.07. The van der Waals surface area contributed by atoms with Crippen LogP contribution in [0.25, 0.3) is 0 Å². The molecule has 9 heteroatoms. The molecule has 1 aromatic rings. The molecule has 3 unspecified atom stereocenters. The number of fused-ring (bicyclic) bond motifs is 3. The molecule has 27 heavy (non-hydrogen) atoms. The van der Waals surface area contributed by atoms with Gasteiger partial charge < -0.3 is 19.5 Å². The first-order valence-electron chi connectivity index (χ1n) is 9.44. The second kappa shape index (κ2) is 7.35. The van der Waals surface area contributed by atoms with E-state index in [0.29, 0.717) is 33.9 Å². The van der Waals surface area contributed by atoms with Crippen LogP contribution in [0.2, 0.25) is 0 Å². The van der Waals surface area contributed by atoms with Crippen LogP contribution in [0.15, 0.2) is 0 Å². The van der Waals surface area contributed by atoms with Crippen LogP contribution >= 0.6 is 23.6 Å². The van der Waals surface area contributed by atoms with Crippen LogP contribution in [-0.2, 0) is 14.3 Å². The van der Waals surface area contributed by atoms with Gasteiger partial charge in [0.25, 0.3) is 5.91 Å². The maximum Gasteiger partial charge on any atom is 0.308 e. The second-order valence-corrected chi connectivity index (χ2v) is 9.11.